The maximum Gasteiger partial charge on any atom is 0.190 e. The van der Waals surface area contributed by atoms with Crippen LogP contribution in [0.15, 0.2) is 264 Å². The average molecular weight is 1700 g/mol. The third-order valence-electron chi connectivity index (χ3n) is 14.7. The Balaban J connectivity index is 0.000000284. The first kappa shape index (κ1) is 95.9. The van der Waals surface area contributed by atoms with Gasteiger partial charge in [-0.15, -0.1) is 18.2 Å². The maximum absolute atomic E-state index is 12.1. The van der Waals surface area contributed by atoms with Gasteiger partial charge in [0.1, 0.15) is 17.2 Å². The lowest BCUT2D eigenvalue weighted by atomic mass is 10.2. The molecule has 9 aromatic carbocycles. The largest absolute Gasteiger partial charge is 0.497 e. The fraction of sp³-hybridized carbons (Fsp3) is 0.270. The number of ether oxygens (including phenoxy) is 3. The van der Waals surface area contributed by atoms with Crippen LogP contribution < -0.4 is 14.2 Å². The first-order valence-electron chi connectivity index (χ1n) is 34.9. The molecule has 1 unspecified atom stereocenters. The van der Waals surface area contributed by atoms with Crippen molar-refractivity contribution in [1.82, 2.24) is 0 Å². The molecule has 1 atom stereocenters. The van der Waals surface area contributed by atoms with Gasteiger partial charge in [0.2, 0.25) is 0 Å². The van der Waals surface area contributed by atoms with Gasteiger partial charge in [-0.05, 0) is 150 Å². The van der Waals surface area contributed by atoms with Crippen LogP contribution in [0.3, 0.4) is 0 Å². The topological polar surface area (TPSA) is 96.0 Å². The van der Waals surface area contributed by atoms with E-state index in [0.29, 0.717) is 11.5 Å². The second-order valence-electron chi connectivity index (χ2n) is 24.3. The molecule has 0 amide bonds. The van der Waals surface area contributed by atoms with Crippen LogP contribution in [0, 0.1) is 53.9 Å². The number of benzene rings is 9. The molecule has 0 radical (unpaired) electrons. The summed E-state index contributed by atoms with van der Waals surface area (Å²) in [5, 5.41) is 8.06. The Labute approximate surface area is 702 Å². The number of carbonyl (C=O) groups is 1. The fourth-order valence-corrected chi connectivity index (χ4v) is 19.4. The van der Waals surface area contributed by atoms with E-state index in [9.17, 15) is 17.4 Å². The molecule has 20 heteroatoms. The number of hydrogen-bond acceptors (Lipinski definition) is 18. The smallest absolute Gasteiger partial charge is 0.190 e. The van der Waals surface area contributed by atoms with Crippen molar-refractivity contribution in [2.45, 2.75) is 100 Å². The summed E-state index contributed by atoms with van der Waals surface area (Å²) in [7, 11) is 11.3. The summed E-state index contributed by atoms with van der Waals surface area (Å²) in [5.74, 6) is 16.1. The Bertz CT molecular complexity index is 4260. The number of hydrogen-bond donors (Lipinski definition) is 1. The highest BCUT2D eigenvalue weighted by Crippen LogP contribution is 2.31. The van der Waals surface area contributed by atoms with E-state index in [1.54, 1.807) is 100 Å². The molecule has 0 N–H and O–H groups in total. The third kappa shape index (κ3) is 48.9. The molecular formula is C89H104O7S13. The second kappa shape index (κ2) is 60.2. The minimum atomic E-state index is -3.12. The van der Waals surface area contributed by atoms with Crippen molar-refractivity contribution in [3.05, 3.63) is 348 Å². The number of thiol groups is 1. The zero-order chi connectivity index (χ0) is 79.0. The normalized spacial score (nSPS) is 11.2. The first-order chi connectivity index (χ1) is 52.8. The molecule has 0 bridgehead atoms. The highest BCUT2D eigenvalue weighted by atomic mass is 33.1. The van der Waals surface area contributed by atoms with Crippen LogP contribution in [0.1, 0.15) is 90.4 Å². The molecule has 9 aromatic rings. The van der Waals surface area contributed by atoms with E-state index in [-0.39, 0.29) is 16.6 Å². The van der Waals surface area contributed by atoms with Crippen LogP contribution in [0.5, 0.6) is 17.2 Å². The molecule has 0 saturated carbocycles. The van der Waals surface area contributed by atoms with Gasteiger partial charge in [-0.3, -0.25) is 9.00 Å². The third-order valence-corrected chi connectivity index (χ3v) is 27.3. The van der Waals surface area contributed by atoms with Crippen molar-refractivity contribution in [2.24, 2.45) is 0 Å². The Kier molecular flexibility index (Phi) is 52.9. The van der Waals surface area contributed by atoms with Gasteiger partial charge in [-0.25, -0.2) is 8.42 Å². The van der Waals surface area contributed by atoms with Crippen molar-refractivity contribution in [1.29, 1.82) is 0 Å². The lowest BCUT2D eigenvalue weighted by molar-refractivity contribution is -0.109. The number of rotatable bonds is 36. The first-order valence-corrected chi connectivity index (χ1v) is 50.4. The predicted molar refractivity (Wildman–Crippen MR) is 502 cm³/mol. The van der Waals surface area contributed by atoms with Crippen LogP contribution in [-0.2, 0) is 77.2 Å². The SMILES string of the molecule is C#CCSCc1ccc(C)cc1.CC(=O)SC=CCSCc1ccc(C)cc1.COc1cccc(CSSC=CCS(=O)(=O)Cc2ccc(C)cc2)c1.COc1cccc(CSSC=CCS(=O)Cc2ccc(C)cc2)c1.COc1cccc(CSSC=CCSCc2ccc(C)cc2)c1.Cc1ccc(CS)cc1. The summed E-state index contributed by atoms with van der Waals surface area (Å²) in [4.78, 5) is 10.6. The van der Waals surface area contributed by atoms with E-state index in [1.807, 2.05) is 148 Å². The molecule has 0 saturated heterocycles. The Morgan fingerprint density at radius 3 is 1.14 bits per heavy atom. The van der Waals surface area contributed by atoms with Crippen LogP contribution >= 0.6 is 124 Å². The summed E-state index contributed by atoms with van der Waals surface area (Å²) in [5.41, 5.74) is 18.6. The van der Waals surface area contributed by atoms with E-state index in [2.05, 4.69) is 204 Å². The van der Waals surface area contributed by atoms with Crippen molar-refractivity contribution in [3.8, 4) is 29.6 Å². The Morgan fingerprint density at radius 2 is 0.771 bits per heavy atom. The van der Waals surface area contributed by atoms with E-state index < -0.39 is 20.6 Å². The average Bonchev–Trinajstić information content (AvgIpc) is 0.880. The monoisotopic (exact) mass is 1700 g/mol. The molecule has 7 nitrogen and oxygen atoms in total. The lowest BCUT2D eigenvalue weighted by Gasteiger charge is -2.03. The summed E-state index contributed by atoms with van der Waals surface area (Å²) in [6.45, 7) is 14.0. The quantitative estimate of drug-likeness (QED) is 0.0174. The van der Waals surface area contributed by atoms with Gasteiger partial charge >= 0.3 is 0 Å². The zero-order valence-corrected chi connectivity index (χ0v) is 74.8. The number of thioether (sulfide) groups is 4. The second-order valence-corrected chi connectivity index (χ2v) is 39.2. The van der Waals surface area contributed by atoms with Crippen LogP contribution in [0.2, 0.25) is 0 Å². The van der Waals surface area contributed by atoms with Crippen LogP contribution in [0.4, 0.5) is 0 Å². The van der Waals surface area contributed by atoms with Gasteiger partial charge in [0, 0.05) is 81.0 Å². The standard InChI is InChI=1S/C19H22O3S3.C19H22O2S3.C19H22OS3.C13H16OS2.C11H12S.C8H10S/c1-16-7-9-17(10-8-16)15-25(20,21)12-4-11-23-24-14-18-5-3-6-19(13-18)22-2;1-16-7-9-17(10-8-16)15-24(20)12-4-11-22-23-14-18-5-3-6-19(13-18)21-2;1-16-7-9-17(10-8-16)14-21-11-4-12-22-23-15-18-5-3-6-19(13-18)20-2;1-11-4-6-13(7-5-11)10-15-8-3-9-16-12(2)14;1-3-8-12-9-11-6-4-10(2)5-7-11;1-7-2-4-8(6-9)5-3-7/h3-11,13H,12,14-15H2,1-2H3;3-11,13H,12,14-15H2,1-2H3;3-10,12-13H,11,14-15H2,1-2H3;3-7,9H,8,10H2,1-2H3;1,4-7H,8-9H2,2H3;2-5,9H,6H2,1H3. The Hall–Kier alpha value is -5.48. The van der Waals surface area contributed by atoms with Crippen molar-refractivity contribution in [3.63, 3.8) is 0 Å². The van der Waals surface area contributed by atoms with Gasteiger partial charge in [-0.1, -0.05) is 322 Å². The lowest BCUT2D eigenvalue weighted by Crippen LogP contribution is -2.07. The van der Waals surface area contributed by atoms with Crippen molar-refractivity contribution >= 4 is 150 Å². The highest BCUT2D eigenvalue weighted by Gasteiger charge is 2.10. The molecule has 9 rings (SSSR count). The number of methoxy groups -OCH3 is 3. The van der Waals surface area contributed by atoms with Crippen molar-refractivity contribution < 1.29 is 31.6 Å². The van der Waals surface area contributed by atoms with Gasteiger partial charge < -0.3 is 14.2 Å². The number of aryl methyl sites for hydroxylation is 6. The predicted octanol–water partition coefficient (Wildman–Crippen LogP) is 26.0. The fourth-order valence-electron chi connectivity index (χ4n) is 8.77. The van der Waals surface area contributed by atoms with Crippen molar-refractivity contribution in [2.75, 3.05) is 50.1 Å². The molecular weight excluding hydrogens is 1600 g/mol. The van der Waals surface area contributed by atoms with Gasteiger partial charge in [0.05, 0.1) is 38.6 Å². The zero-order valence-electron chi connectivity index (χ0n) is 64.1. The molecule has 0 aromatic heterocycles. The van der Waals surface area contributed by atoms with E-state index >= 15 is 0 Å². The molecule has 580 valence electrons. The molecule has 0 heterocycles. The number of carbonyl (C=O) groups excluding carboxylic acids is 1. The van der Waals surface area contributed by atoms with Gasteiger partial charge in [-0.2, -0.15) is 36.2 Å². The number of sulfone groups is 1. The van der Waals surface area contributed by atoms with Gasteiger partial charge in [0.15, 0.2) is 15.0 Å². The van der Waals surface area contributed by atoms with E-state index in [4.69, 9.17) is 20.6 Å². The summed E-state index contributed by atoms with van der Waals surface area (Å²) in [6.07, 6.45) is 13.1. The summed E-state index contributed by atoms with van der Waals surface area (Å²) < 4.78 is 52.0. The molecule has 109 heavy (non-hydrogen) atoms. The molecule has 0 aliphatic rings. The highest BCUT2D eigenvalue weighted by molar-refractivity contribution is 8.78. The summed E-state index contributed by atoms with van der Waals surface area (Å²) >= 11 is 11.0. The molecule has 0 spiro atoms. The van der Waals surface area contributed by atoms with Crippen LogP contribution in [0.25, 0.3) is 0 Å². The van der Waals surface area contributed by atoms with E-state index in [1.165, 1.54) is 78.5 Å². The van der Waals surface area contributed by atoms with Crippen LogP contribution in [-0.4, -0.2) is 67.8 Å². The minimum absolute atomic E-state index is 0.0631. The summed E-state index contributed by atoms with van der Waals surface area (Å²) in [6, 6.07) is 74.5. The molecule has 0 aliphatic carbocycles. The molecule has 0 aliphatic heterocycles. The van der Waals surface area contributed by atoms with Gasteiger partial charge in [0.25, 0.3) is 0 Å². The van der Waals surface area contributed by atoms with E-state index in [0.717, 1.165) is 91.5 Å². The maximum atomic E-state index is 12.1. The minimum Gasteiger partial charge on any atom is -0.497 e. The molecule has 0 fully saturated rings. The Morgan fingerprint density at radius 1 is 0.431 bits per heavy atom. The number of terminal acetylenes is 1.